The van der Waals surface area contributed by atoms with E-state index in [1.54, 1.807) is 24.3 Å². The number of hydrogen-bond donors (Lipinski definition) is 2. The van der Waals surface area contributed by atoms with E-state index in [-0.39, 0.29) is 24.3 Å². The molecule has 0 aliphatic rings. The number of carboxylic acid groups (broad SMARTS) is 2. The van der Waals surface area contributed by atoms with Crippen molar-refractivity contribution in [1.29, 1.82) is 0 Å². The minimum Gasteiger partial charge on any atom is -0.488 e. The molecule has 0 aromatic heterocycles. The van der Waals surface area contributed by atoms with Crippen LogP contribution in [0.1, 0.15) is 31.8 Å². The van der Waals surface area contributed by atoms with Gasteiger partial charge in [-0.25, -0.2) is 9.59 Å². The van der Waals surface area contributed by atoms with E-state index < -0.39 is 11.9 Å². The van der Waals surface area contributed by atoms with E-state index in [1.165, 1.54) is 0 Å². The molecule has 0 amide bonds. The summed E-state index contributed by atoms with van der Waals surface area (Å²) in [5.41, 5.74) is 6.34. The van der Waals surface area contributed by atoms with Crippen molar-refractivity contribution in [2.45, 2.75) is 13.2 Å². The summed E-state index contributed by atoms with van der Waals surface area (Å²) in [4.78, 5) is 25.1. The summed E-state index contributed by atoms with van der Waals surface area (Å²) in [5.74, 6) is -0.979. The Morgan fingerprint density at radius 1 is 0.407 bits per heavy atom. The second-order valence-corrected chi connectivity index (χ2v) is 12.9. The molecule has 0 heterocycles. The molecule has 8 rings (SSSR count). The summed E-state index contributed by atoms with van der Waals surface area (Å²) < 4.78 is 13.5. The maximum absolute atomic E-state index is 12.5. The number of hydrogen-bond acceptors (Lipinski definition) is 4. The fourth-order valence-corrected chi connectivity index (χ4v) is 7.22. The summed E-state index contributed by atoms with van der Waals surface area (Å²) in [6, 6.07) is 53.8. The van der Waals surface area contributed by atoms with Gasteiger partial charge in [-0.05, 0) is 68.1 Å². The molecular formula is C48H34O6. The van der Waals surface area contributed by atoms with Crippen molar-refractivity contribution in [3.63, 3.8) is 0 Å². The summed E-state index contributed by atoms with van der Waals surface area (Å²) >= 11 is 0. The fraction of sp³-hybridized carbons (Fsp3) is 0.0417. The Bertz CT molecular complexity index is 2480. The Morgan fingerprint density at radius 3 is 1.20 bits per heavy atom. The van der Waals surface area contributed by atoms with Crippen molar-refractivity contribution >= 4 is 33.5 Å². The lowest BCUT2D eigenvalue weighted by molar-refractivity contribution is 0.0683. The average Bonchev–Trinajstić information content (AvgIpc) is 3.22. The molecule has 262 valence electrons. The molecule has 8 aromatic carbocycles. The Hall–Kier alpha value is -7.18. The Labute approximate surface area is 312 Å². The van der Waals surface area contributed by atoms with Crippen LogP contribution in [0.2, 0.25) is 0 Å². The summed E-state index contributed by atoms with van der Waals surface area (Å²) in [7, 11) is 0. The Kier molecular flexibility index (Phi) is 9.31. The quantitative estimate of drug-likeness (QED) is 0.139. The lowest BCUT2D eigenvalue weighted by atomic mass is 9.92. The van der Waals surface area contributed by atoms with Crippen LogP contribution in [-0.4, -0.2) is 22.2 Å². The number of benzene rings is 8. The summed E-state index contributed by atoms with van der Waals surface area (Å²) in [6.07, 6.45) is 0. The molecule has 0 atom stereocenters. The number of carbonyl (C=O) groups is 2. The molecule has 6 nitrogen and oxygen atoms in total. The summed E-state index contributed by atoms with van der Waals surface area (Å²) in [6.45, 7) is -0.0170. The average molecular weight is 707 g/mol. The van der Waals surface area contributed by atoms with Crippen LogP contribution in [0.3, 0.4) is 0 Å². The van der Waals surface area contributed by atoms with Crippen LogP contribution in [0, 0.1) is 0 Å². The maximum Gasteiger partial charge on any atom is 0.336 e. The molecule has 0 spiro atoms. The molecule has 8 aromatic rings. The van der Waals surface area contributed by atoms with Crippen molar-refractivity contribution < 1.29 is 29.3 Å². The van der Waals surface area contributed by atoms with Crippen LogP contribution >= 0.6 is 0 Å². The fourth-order valence-electron chi connectivity index (χ4n) is 7.22. The van der Waals surface area contributed by atoms with Crippen molar-refractivity contribution in [2.75, 3.05) is 0 Å². The maximum atomic E-state index is 12.5. The molecule has 0 radical (unpaired) electrons. The van der Waals surface area contributed by atoms with Gasteiger partial charge in [0.25, 0.3) is 0 Å². The van der Waals surface area contributed by atoms with Gasteiger partial charge in [0, 0.05) is 22.3 Å². The highest BCUT2D eigenvalue weighted by atomic mass is 16.5. The molecule has 6 heteroatoms. The molecule has 54 heavy (non-hydrogen) atoms. The third-order valence-electron chi connectivity index (χ3n) is 9.76. The zero-order valence-corrected chi connectivity index (χ0v) is 29.1. The van der Waals surface area contributed by atoms with Gasteiger partial charge in [0.05, 0.1) is 11.1 Å². The van der Waals surface area contributed by atoms with Crippen molar-refractivity contribution in [3.05, 3.63) is 192 Å². The highest BCUT2D eigenvalue weighted by Crippen LogP contribution is 2.46. The van der Waals surface area contributed by atoms with E-state index in [2.05, 4.69) is 0 Å². The molecular weight excluding hydrogens is 673 g/mol. The Balaban J connectivity index is 1.28. The van der Waals surface area contributed by atoms with Gasteiger partial charge < -0.3 is 19.7 Å². The second-order valence-electron chi connectivity index (χ2n) is 12.9. The minimum absolute atomic E-state index is 0.00851. The van der Waals surface area contributed by atoms with Crippen LogP contribution in [0.25, 0.3) is 54.9 Å². The van der Waals surface area contributed by atoms with Gasteiger partial charge in [-0.1, -0.05) is 146 Å². The molecule has 0 aliphatic heterocycles. The van der Waals surface area contributed by atoms with E-state index in [9.17, 15) is 19.8 Å². The van der Waals surface area contributed by atoms with Crippen molar-refractivity contribution in [2.24, 2.45) is 0 Å². The first-order valence-electron chi connectivity index (χ1n) is 17.6. The van der Waals surface area contributed by atoms with E-state index in [1.807, 2.05) is 146 Å². The van der Waals surface area contributed by atoms with Crippen LogP contribution in [0.15, 0.2) is 170 Å². The van der Waals surface area contributed by atoms with Crippen molar-refractivity contribution in [1.82, 2.24) is 0 Å². The SMILES string of the molecule is O=C(O)c1cccc(-c2ccccc2)c1COc1ccc2ccccc2c1-c1c(OCc2c(C(=O)O)cccc2-c2ccccc2)ccc2ccccc12. The first kappa shape index (κ1) is 33.9. The first-order chi connectivity index (χ1) is 26.5. The lowest BCUT2D eigenvalue weighted by Crippen LogP contribution is -2.09. The lowest BCUT2D eigenvalue weighted by Gasteiger charge is -2.21. The molecule has 0 aliphatic carbocycles. The normalized spacial score (nSPS) is 11.0. The standard InChI is InChI=1S/C48H34O6/c49-47(50)39-23-11-21-35(31-13-3-1-4-14-31)41(39)29-53-43-27-25-33-17-7-9-19-37(33)45(43)46-38-20-10-8-18-34(38)26-28-44(46)54-30-42-36(32-15-5-2-6-16-32)22-12-24-40(42)48(51)52/h1-28H,29-30H2,(H,49,50)(H,51,52). The largest absolute Gasteiger partial charge is 0.488 e. The van der Waals surface area contributed by atoms with Gasteiger partial charge in [-0.3, -0.25) is 0 Å². The van der Waals surface area contributed by atoms with E-state index >= 15 is 0 Å². The molecule has 0 saturated carbocycles. The molecule has 0 bridgehead atoms. The smallest absolute Gasteiger partial charge is 0.336 e. The minimum atomic E-state index is -1.04. The van der Waals surface area contributed by atoms with E-state index in [0.717, 1.165) is 54.9 Å². The van der Waals surface area contributed by atoms with Gasteiger partial charge in [0.2, 0.25) is 0 Å². The number of rotatable bonds is 11. The zero-order chi connectivity index (χ0) is 37.0. The van der Waals surface area contributed by atoms with Gasteiger partial charge >= 0.3 is 11.9 Å². The van der Waals surface area contributed by atoms with Crippen LogP contribution in [0.4, 0.5) is 0 Å². The predicted molar refractivity (Wildman–Crippen MR) is 213 cm³/mol. The first-order valence-corrected chi connectivity index (χ1v) is 17.6. The van der Waals surface area contributed by atoms with E-state index in [4.69, 9.17) is 9.47 Å². The van der Waals surface area contributed by atoms with Gasteiger partial charge in [-0.2, -0.15) is 0 Å². The van der Waals surface area contributed by atoms with Gasteiger partial charge in [0.1, 0.15) is 24.7 Å². The highest BCUT2D eigenvalue weighted by molar-refractivity contribution is 6.10. The third-order valence-corrected chi connectivity index (χ3v) is 9.76. The Morgan fingerprint density at radius 2 is 0.796 bits per heavy atom. The van der Waals surface area contributed by atoms with Crippen LogP contribution in [0.5, 0.6) is 11.5 Å². The predicted octanol–water partition coefficient (Wildman–Crippen LogP) is 11.5. The second kappa shape index (κ2) is 14.8. The van der Waals surface area contributed by atoms with Gasteiger partial charge in [0.15, 0.2) is 0 Å². The van der Waals surface area contributed by atoms with Crippen molar-refractivity contribution in [3.8, 4) is 44.9 Å². The molecule has 0 unspecified atom stereocenters. The molecule has 0 saturated heterocycles. The number of ether oxygens (including phenoxy) is 2. The molecule has 0 fully saturated rings. The topological polar surface area (TPSA) is 93.1 Å². The number of carboxylic acids is 2. The zero-order valence-electron chi connectivity index (χ0n) is 29.1. The van der Waals surface area contributed by atoms with E-state index in [0.29, 0.717) is 22.6 Å². The monoisotopic (exact) mass is 706 g/mol. The highest BCUT2D eigenvalue weighted by Gasteiger charge is 2.23. The number of aromatic carboxylic acids is 2. The molecule has 2 N–H and O–H groups in total. The van der Waals surface area contributed by atoms with Crippen LogP contribution < -0.4 is 9.47 Å². The van der Waals surface area contributed by atoms with Crippen LogP contribution in [-0.2, 0) is 13.2 Å². The number of fused-ring (bicyclic) bond motifs is 2. The third kappa shape index (κ3) is 6.53. The summed E-state index contributed by atoms with van der Waals surface area (Å²) in [5, 5.41) is 24.3. The van der Waals surface area contributed by atoms with Gasteiger partial charge in [-0.15, -0.1) is 0 Å².